The van der Waals surface area contributed by atoms with Gasteiger partial charge in [-0.15, -0.1) is 22.7 Å². The lowest BCUT2D eigenvalue weighted by atomic mass is 10.3. The standard InChI is InChI=1S/C19H16N4O3S4/c1-12(17(24)22-18-20-9-10-27-18)28-19-21-15-8-7-13(11-16(15)29-19)23-30(25,26)14-5-3-2-4-6-14/h2-12,23H,1H3,(H,20,22,24)/t12-/m0/s1. The van der Waals surface area contributed by atoms with Gasteiger partial charge in [-0.2, -0.15) is 0 Å². The highest BCUT2D eigenvalue weighted by molar-refractivity contribution is 8.02. The van der Waals surface area contributed by atoms with Crippen LogP contribution in [-0.4, -0.2) is 29.5 Å². The number of thiazole rings is 2. The van der Waals surface area contributed by atoms with Crippen molar-refractivity contribution in [2.24, 2.45) is 0 Å². The van der Waals surface area contributed by atoms with E-state index in [9.17, 15) is 13.2 Å². The molecule has 0 aliphatic heterocycles. The zero-order chi connectivity index (χ0) is 21.1. The topological polar surface area (TPSA) is 101 Å². The van der Waals surface area contributed by atoms with Crippen molar-refractivity contribution in [2.75, 3.05) is 10.0 Å². The van der Waals surface area contributed by atoms with Crippen molar-refractivity contribution in [3.05, 3.63) is 60.1 Å². The van der Waals surface area contributed by atoms with Crippen molar-refractivity contribution in [2.45, 2.75) is 21.4 Å². The van der Waals surface area contributed by atoms with E-state index in [0.717, 1.165) is 14.6 Å². The molecule has 4 aromatic rings. The Labute approximate surface area is 185 Å². The van der Waals surface area contributed by atoms with E-state index in [1.54, 1.807) is 67.0 Å². The van der Waals surface area contributed by atoms with Crippen LogP contribution in [0.25, 0.3) is 10.2 Å². The Morgan fingerprint density at radius 3 is 2.70 bits per heavy atom. The number of sulfonamides is 1. The van der Waals surface area contributed by atoms with Crippen molar-refractivity contribution >= 4 is 71.4 Å². The fourth-order valence-corrected chi connectivity index (χ4v) is 6.38. The molecular formula is C19H16N4O3S4. The molecule has 0 radical (unpaired) electrons. The first-order valence-electron chi connectivity index (χ1n) is 8.76. The quantitative estimate of drug-likeness (QED) is 0.376. The molecule has 1 amide bonds. The molecule has 154 valence electrons. The third kappa shape index (κ3) is 4.81. The Morgan fingerprint density at radius 1 is 1.17 bits per heavy atom. The minimum atomic E-state index is -3.66. The normalized spacial score (nSPS) is 12.6. The summed E-state index contributed by atoms with van der Waals surface area (Å²) in [5, 5.41) is 4.78. The van der Waals surface area contributed by atoms with Crippen LogP contribution in [0.4, 0.5) is 10.8 Å². The van der Waals surface area contributed by atoms with Crippen LogP contribution in [0.15, 0.2) is 69.3 Å². The number of fused-ring (bicyclic) bond motifs is 1. The molecular weight excluding hydrogens is 461 g/mol. The van der Waals surface area contributed by atoms with Crippen molar-refractivity contribution < 1.29 is 13.2 Å². The summed E-state index contributed by atoms with van der Waals surface area (Å²) in [7, 11) is -3.66. The number of amides is 1. The Bertz CT molecular complexity index is 1270. The molecule has 7 nitrogen and oxygen atoms in total. The maximum Gasteiger partial charge on any atom is 0.261 e. The molecule has 0 aliphatic rings. The van der Waals surface area contributed by atoms with Gasteiger partial charge in [0.1, 0.15) is 0 Å². The summed E-state index contributed by atoms with van der Waals surface area (Å²) in [4.78, 5) is 21.1. The smallest absolute Gasteiger partial charge is 0.261 e. The zero-order valence-corrected chi connectivity index (χ0v) is 18.9. The number of aromatic nitrogens is 2. The lowest BCUT2D eigenvalue weighted by Gasteiger charge is -2.07. The molecule has 4 rings (SSSR count). The molecule has 1 atom stereocenters. The molecule has 2 aromatic carbocycles. The van der Waals surface area contributed by atoms with E-state index in [1.165, 1.54) is 34.4 Å². The fraction of sp³-hybridized carbons (Fsp3) is 0.105. The molecule has 0 bridgehead atoms. The number of carbonyl (C=O) groups excluding carboxylic acids is 1. The number of benzene rings is 2. The van der Waals surface area contributed by atoms with E-state index in [2.05, 4.69) is 20.0 Å². The Hall–Kier alpha value is -2.47. The third-order valence-corrected chi connectivity index (χ3v) is 8.28. The maximum atomic E-state index is 12.5. The molecule has 0 saturated heterocycles. The number of nitrogens with zero attached hydrogens (tertiary/aromatic N) is 2. The number of rotatable bonds is 7. The van der Waals surface area contributed by atoms with Gasteiger partial charge < -0.3 is 5.32 Å². The first-order valence-corrected chi connectivity index (χ1v) is 12.8. The Kier molecular flexibility index (Phi) is 6.04. The van der Waals surface area contributed by atoms with E-state index >= 15 is 0 Å². The van der Waals surface area contributed by atoms with Crippen molar-refractivity contribution in [1.82, 2.24) is 9.97 Å². The molecule has 11 heteroatoms. The molecule has 30 heavy (non-hydrogen) atoms. The van der Waals surface area contributed by atoms with Crippen LogP contribution < -0.4 is 10.0 Å². The molecule has 2 aromatic heterocycles. The van der Waals surface area contributed by atoms with Gasteiger partial charge in [0.15, 0.2) is 9.47 Å². The fourth-order valence-electron chi connectivity index (χ4n) is 2.53. The minimum absolute atomic E-state index is 0.148. The minimum Gasteiger partial charge on any atom is -0.301 e. The molecule has 0 saturated carbocycles. The number of nitrogens with one attached hydrogen (secondary N) is 2. The van der Waals surface area contributed by atoms with Gasteiger partial charge in [0.2, 0.25) is 5.91 Å². The zero-order valence-electron chi connectivity index (χ0n) is 15.6. The van der Waals surface area contributed by atoms with Crippen LogP contribution in [-0.2, 0) is 14.8 Å². The molecule has 0 spiro atoms. The van der Waals surface area contributed by atoms with Gasteiger partial charge in [0.05, 0.1) is 26.0 Å². The Morgan fingerprint density at radius 2 is 1.97 bits per heavy atom. The summed E-state index contributed by atoms with van der Waals surface area (Å²) in [6, 6.07) is 13.4. The second kappa shape index (κ2) is 8.72. The Balaban J connectivity index is 1.48. The molecule has 2 N–H and O–H groups in total. The molecule has 2 heterocycles. The van der Waals surface area contributed by atoms with Crippen LogP contribution in [0.1, 0.15) is 6.92 Å². The largest absolute Gasteiger partial charge is 0.301 e. The first-order chi connectivity index (χ1) is 14.4. The monoisotopic (exact) mass is 476 g/mol. The van der Waals surface area contributed by atoms with E-state index in [1.807, 2.05) is 0 Å². The van der Waals surface area contributed by atoms with Crippen LogP contribution in [0.2, 0.25) is 0 Å². The van der Waals surface area contributed by atoms with E-state index in [-0.39, 0.29) is 16.1 Å². The van der Waals surface area contributed by atoms with Crippen LogP contribution in [0.3, 0.4) is 0 Å². The van der Waals surface area contributed by atoms with Crippen molar-refractivity contribution in [3.63, 3.8) is 0 Å². The summed E-state index contributed by atoms with van der Waals surface area (Å²) < 4.78 is 29.2. The summed E-state index contributed by atoms with van der Waals surface area (Å²) in [5.74, 6) is -0.148. The van der Waals surface area contributed by atoms with E-state index in [4.69, 9.17) is 0 Å². The van der Waals surface area contributed by atoms with Crippen LogP contribution in [0, 0.1) is 0 Å². The highest BCUT2D eigenvalue weighted by Crippen LogP contribution is 2.34. The second-order valence-electron chi connectivity index (χ2n) is 6.17. The van der Waals surface area contributed by atoms with Crippen molar-refractivity contribution in [1.29, 1.82) is 0 Å². The highest BCUT2D eigenvalue weighted by Gasteiger charge is 2.19. The van der Waals surface area contributed by atoms with E-state index < -0.39 is 10.0 Å². The van der Waals surface area contributed by atoms with Gasteiger partial charge in [-0.05, 0) is 37.3 Å². The third-order valence-electron chi connectivity index (χ3n) is 3.98. The maximum absolute atomic E-state index is 12.5. The first kappa shape index (κ1) is 20.8. The SMILES string of the molecule is C[C@H](Sc1nc2ccc(NS(=O)(=O)c3ccccc3)cc2s1)C(=O)Nc1nccs1. The predicted octanol–water partition coefficient (Wildman–Crippen LogP) is 4.67. The van der Waals surface area contributed by atoms with Gasteiger partial charge >= 0.3 is 0 Å². The second-order valence-corrected chi connectivity index (χ2v) is 11.4. The average Bonchev–Trinajstić information content (AvgIpc) is 3.37. The van der Waals surface area contributed by atoms with Gasteiger partial charge in [-0.1, -0.05) is 30.0 Å². The molecule has 0 fully saturated rings. The number of hydrogen-bond acceptors (Lipinski definition) is 8. The summed E-state index contributed by atoms with van der Waals surface area (Å²) in [6.07, 6.45) is 1.63. The average molecular weight is 477 g/mol. The number of thioether (sulfide) groups is 1. The summed E-state index contributed by atoms with van der Waals surface area (Å²) in [6.45, 7) is 1.80. The van der Waals surface area contributed by atoms with Crippen LogP contribution >= 0.6 is 34.4 Å². The molecule has 0 aliphatic carbocycles. The highest BCUT2D eigenvalue weighted by atomic mass is 32.2. The predicted molar refractivity (Wildman–Crippen MR) is 123 cm³/mol. The number of hydrogen-bond donors (Lipinski definition) is 2. The van der Waals surface area contributed by atoms with Crippen LogP contribution in [0.5, 0.6) is 0 Å². The number of carbonyl (C=O) groups is 1. The van der Waals surface area contributed by atoms with Gasteiger partial charge in [0.25, 0.3) is 10.0 Å². The molecule has 0 unspecified atom stereocenters. The van der Waals surface area contributed by atoms with Gasteiger partial charge in [0, 0.05) is 11.6 Å². The van der Waals surface area contributed by atoms with Gasteiger partial charge in [-0.25, -0.2) is 18.4 Å². The van der Waals surface area contributed by atoms with E-state index in [0.29, 0.717) is 10.8 Å². The van der Waals surface area contributed by atoms with Crippen molar-refractivity contribution in [3.8, 4) is 0 Å². The van der Waals surface area contributed by atoms with Gasteiger partial charge in [-0.3, -0.25) is 9.52 Å². The lowest BCUT2D eigenvalue weighted by molar-refractivity contribution is -0.115. The lowest BCUT2D eigenvalue weighted by Crippen LogP contribution is -2.22. The summed E-state index contributed by atoms with van der Waals surface area (Å²) >= 11 is 4.12. The number of anilines is 2. The summed E-state index contributed by atoms with van der Waals surface area (Å²) in [5.41, 5.74) is 1.21.